The molecule has 1 saturated heterocycles. The molecule has 5 rings (SSSR count). The first-order chi connectivity index (χ1) is 12.7. The van der Waals surface area contributed by atoms with E-state index in [2.05, 4.69) is 15.4 Å². The number of aldehydes is 1. The summed E-state index contributed by atoms with van der Waals surface area (Å²) < 4.78 is 21.9. The fourth-order valence-corrected chi connectivity index (χ4v) is 3.74. The summed E-state index contributed by atoms with van der Waals surface area (Å²) in [6, 6.07) is 6.19. The minimum atomic E-state index is -0.404. The number of halogens is 1. The van der Waals surface area contributed by atoms with Crippen molar-refractivity contribution in [3.63, 3.8) is 0 Å². The van der Waals surface area contributed by atoms with Gasteiger partial charge in [0.05, 0.1) is 25.8 Å². The van der Waals surface area contributed by atoms with E-state index in [-0.39, 0.29) is 46.7 Å². The molecule has 8 nitrogen and oxygen atoms in total. The van der Waals surface area contributed by atoms with E-state index in [1.165, 1.54) is 15.4 Å². The topological polar surface area (TPSA) is 91.9 Å². The lowest BCUT2D eigenvalue weighted by atomic mass is 10.2. The number of carbonyl (C=O) groups excluding carboxylic acids is 1. The van der Waals surface area contributed by atoms with Crippen LogP contribution in [0, 0.1) is 17.7 Å². The maximum Gasteiger partial charge on any atom is 0.298 e. The van der Waals surface area contributed by atoms with E-state index >= 15 is 0 Å². The lowest BCUT2D eigenvalue weighted by Gasteiger charge is -2.05. The molecule has 1 saturated carbocycles. The predicted molar refractivity (Wildman–Crippen MR) is 87.3 cm³/mol. The van der Waals surface area contributed by atoms with Crippen LogP contribution in [0.2, 0.25) is 0 Å². The van der Waals surface area contributed by atoms with E-state index in [1.54, 1.807) is 18.2 Å². The molecule has 9 heteroatoms. The Labute approximate surface area is 146 Å². The van der Waals surface area contributed by atoms with Crippen LogP contribution in [0.5, 0.6) is 0 Å². The van der Waals surface area contributed by atoms with Gasteiger partial charge in [-0.2, -0.15) is 5.10 Å². The highest BCUT2D eigenvalue weighted by Crippen LogP contribution is 2.53. The number of hydrogen-bond acceptors (Lipinski definition) is 6. The number of aromatic nitrogens is 5. The van der Waals surface area contributed by atoms with Gasteiger partial charge >= 0.3 is 0 Å². The van der Waals surface area contributed by atoms with Gasteiger partial charge in [0.2, 0.25) is 0 Å². The second kappa shape index (κ2) is 5.53. The molecular formula is C17H14FN5O3. The van der Waals surface area contributed by atoms with Gasteiger partial charge in [-0.1, -0.05) is 23.4 Å². The van der Waals surface area contributed by atoms with E-state index < -0.39 is 5.82 Å². The molecule has 2 fully saturated rings. The summed E-state index contributed by atoms with van der Waals surface area (Å²) in [6.07, 6.45) is 0.564. The van der Waals surface area contributed by atoms with Crippen molar-refractivity contribution in [3.8, 4) is 0 Å². The van der Waals surface area contributed by atoms with Crippen LogP contribution in [0.25, 0.3) is 11.0 Å². The van der Waals surface area contributed by atoms with Gasteiger partial charge in [0.25, 0.3) is 5.56 Å². The van der Waals surface area contributed by atoms with Gasteiger partial charge in [-0.05, 0) is 6.07 Å². The van der Waals surface area contributed by atoms with E-state index in [0.717, 1.165) is 0 Å². The van der Waals surface area contributed by atoms with Crippen molar-refractivity contribution in [2.75, 3.05) is 13.2 Å². The number of nitrogens with zero attached hydrogens (tertiary/aromatic N) is 5. The van der Waals surface area contributed by atoms with Crippen LogP contribution in [-0.2, 0) is 11.3 Å². The zero-order valence-electron chi connectivity index (χ0n) is 13.6. The summed E-state index contributed by atoms with van der Waals surface area (Å²) in [4.78, 5) is 24.3. The average molecular weight is 355 g/mol. The number of carbonyl (C=O) groups is 1. The van der Waals surface area contributed by atoms with Gasteiger partial charge in [-0.3, -0.25) is 14.3 Å². The first-order valence-corrected chi connectivity index (χ1v) is 8.31. The summed E-state index contributed by atoms with van der Waals surface area (Å²) in [5, 5.41) is 12.3. The van der Waals surface area contributed by atoms with Crippen molar-refractivity contribution in [3.05, 3.63) is 51.7 Å². The summed E-state index contributed by atoms with van der Waals surface area (Å²) in [5.41, 5.74) is 0.304. The average Bonchev–Trinajstić information content (AvgIpc) is 2.98. The fraction of sp³-hybridized carbons (Fsp3) is 0.353. The number of hydrogen-bond donors (Lipinski definition) is 0. The van der Waals surface area contributed by atoms with Crippen LogP contribution in [-0.4, -0.2) is 44.3 Å². The number of ether oxygens (including phenoxy) is 1. The Morgan fingerprint density at radius 3 is 2.73 bits per heavy atom. The Kier molecular flexibility index (Phi) is 3.26. The fourth-order valence-electron chi connectivity index (χ4n) is 3.74. The molecule has 1 aliphatic carbocycles. The third-order valence-electron chi connectivity index (χ3n) is 5.20. The van der Waals surface area contributed by atoms with Gasteiger partial charge < -0.3 is 4.74 Å². The lowest BCUT2D eigenvalue weighted by Crippen LogP contribution is -2.26. The van der Waals surface area contributed by atoms with E-state index in [4.69, 9.17) is 4.74 Å². The molecule has 3 atom stereocenters. The second-order valence-corrected chi connectivity index (χ2v) is 6.64. The van der Waals surface area contributed by atoms with Crippen LogP contribution >= 0.6 is 0 Å². The third kappa shape index (κ3) is 2.13. The molecule has 0 N–H and O–H groups in total. The molecule has 1 aromatic carbocycles. The highest BCUT2D eigenvalue weighted by Gasteiger charge is 2.56. The van der Waals surface area contributed by atoms with Crippen molar-refractivity contribution >= 4 is 17.3 Å². The van der Waals surface area contributed by atoms with Crippen LogP contribution < -0.4 is 5.56 Å². The minimum absolute atomic E-state index is 0.0236. The van der Waals surface area contributed by atoms with Crippen LogP contribution in [0.1, 0.15) is 22.1 Å². The van der Waals surface area contributed by atoms with Gasteiger partial charge in [-0.15, -0.1) is 5.10 Å². The molecule has 0 unspecified atom stereocenters. The Hall–Kier alpha value is -2.94. The highest BCUT2D eigenvalue weighted by atomic mass is 19.1. The normalized spacial score (nSPS) is 24.0. The zero-order valence-corrected chi connectivity index (χ0v) is 13.6. The third-order valence-corrected chi connectivity index (χ3v) is 5.20. The maximum atomic E-state index is 13.9. The first-order valence-electron chi connectivity index (χ1n) is 8.31. The van der Waals surface area contributed by atoms with Crippen molar-refractivity contribution in [2.45, 2.75) is 12.6 Å². The summed E-state index contributed by atoms with van der Waals surface area (Å²) in [6.45, 7) is 1.25. The SMILES string of the molecule is O=Cc1c2nnn([C@@H]3[C@@H]4COC[C@@H]43)c(=O)c2nn1Cc1ccccc1F. The smallest absolute Gasteiger partial charge is 0.298 e. The summed E-state index contributed by atoms with van der Waals surface area (Å²) in [7, 11) is 0. The Morgan fingerprint density at radius 2 is 2.00 bits per heavy atom. The van der Waals surface area contributed by atoms with Gasteiger partial charge in [0.15, 0.2) is 11.8 Å². The number of rotatable bonds is 4. The first kappa shape index (κ1) is 15.3. The molecular weight excluding hydrogens is 341 g/mol. The lowest BCUT2D eigenvalue weighted by molar-refractivity contribution is 0.111. The quantitative estimate of drug-likeness (QED) is 0.643. The predicted octanol–water partition coefficient (Wildman–Crippen LogP) is 0.805. The molecule has 26 heavy (non-hydrogen) atoms. The Bertz CT molecular complexity index is 1080. The molecule has 0 spiro atoms. The van der Waals surface area contributed by atoms with Crippen molar-refractivity contribution in [1.82, 2.24) is 24.8 Å². The Morgan fingerprint density at radius 1 is 1.23 bits per heavy atom. The van der Waals surface area contributed by atoms with Crippen LogP contribution in [0.15, 0.2) is 29.1 Å². The molecule has 3 heterocycles. The molecule has 132 valence electrons. The molecule has 2 aromatic heterocycles. The van der Waals surface area contributed by atoms with Gasteiger partial charge in [0.1, 0.15) is 17.0 Å². The van der Waals surface area contributed by atoms with E-state index in [0.29, 0.717) is 25.1 Å². The molecule has 1 aliphatic heterocycles. The highest BCUT2D eigenvalue weighted by molar-refractivity contribution is 5.91. The molecule has 3 aromatic rings. The minimum Gasteiger partial charge on any atom is -0.381 e. The maximum absolute atomic E-state index is 13.9. The molecule has 0 radical (unpaired) electrons. The van der Waals surface area contributed by atoms with Crippen molar-refractivity contribution in [1.29, 1.82) is 0 Å². The standard InChI is InChI=1S/C17H14FN5O3/c18-12-4-2-1-3-9(12)5-22-13(6-24)14-15(20-22)17(25)23(21-19-14)16-10-7-26-8-11(10)16/h1-4,6,10-11,16H,5,7-8H2/t10-,11+,16-. The van der Waals surface area contributed by atoms with Gasteiger partial charge in [-0.25, -0.2) is 9.07 Å². The molecule has 0 bridgehead atoms. The number of fused-ring (bicyclic) bond motifs is 2. The van der Waals surface area contributed by atoms with Crippen LogP contribution in [0.3, 0.4) is 0 Å². The Balaban J connectivity index is 1.59. The number of benzene rings is 1. The molecule has 2 aliphatic rings. The van der Waals surface area contributed by atoms with E-state index in [9.17, 15) is 14.0 Å². The molecule has 0 amide bonds. The van der Waals surface area contributed by atoms with E-state index in [1.807, 2.05) is 0 Å². The largest absolute Gasteiger partial charge is 0.381 e. The van der Waals surface area contributed by atoms with Crippen molar-refractivity contribution < 1.29 is 13.9 Å². The van der Waals surface area contributed by atoms with Crippen molar-refractivity contribution in [2.24, 2.45) is 11.8 Å². The monoisotopic (exact) mass is 355 g/mol. The summed E-state index contributed by atoms with van der Waals surface area (Å²) in [5.74, 6) is 0.161. The summed E-state index contributed by atoms with van der Waals surface area (Å²) >= 11 is 0. The second-order valence-electron chi connectivity index (χ2n) is 6.64. The zero-order chi connectivity index (χ0) is 17.8. The van der Waals surface area contributed by atoms with Crippen LogP contribution in [0.4, 0.5) is 4.39 Å². The van der Waals surface area contributed by atoms with Gasteiger partial charge in [0, 0.05) is 17.4 Å².